The van der Waals surface area contributed by atoms with E-state index in [1.807, 2.05) is 0 Å². The van der Waals surface area contributed by atoms with Gasteiger partial charge in [-0.25, -0.2) is 15.8 Å². The summed E-state index contributed by atoms with van der Waals surface area (Å²) in [6, 6.07) is 3.27. The van der Waals surface area contributed by atoms with Gasteiger partial charge in [-0.15, -0.1) is 0 Å². The van der Waals surface area contributed by atoms with E-state index in [1.54, 1.807) is 31.2 Å². The van der Waals surface area contributed by atoms with Gasteiger partial charge in [0.1, 0.15) is 5.82 Å². The molecule has 1 heterocycles. The molecule has 1 rings (SSSR count). The second kappa shape index (κ2) is 4.54. The Balaban J connectivity index is 2.71. The normalized spacial score (nSPS) is 10.0. The zero-order chi connectivity index (χ0) is 10.6. The molecule has 0 bridgehead atoms. The highest BCUT2D eigenvalue weighted by Gasteiger charge is 2.05. The summed E-state index contributed by atoms with van der Waals surface area (Å²) in [4.78, 5) is 15.3. The van der Waals surface area contributed by atoms with Crippen LogP contribution in [0.3, 0.4) is 0 Å². The third-order valence-corrected chi connectivity index (χ3v) is 1.50. The molecule has 6 nitrogen and oxygen atoms in total. The summed E-state index contributed by atoms with van der Waals surface area (Å²) in [5.41, 5.74) is 5.46. The number of nitrogens with two attached hydrogens (primary N) is 1. The van der Waals surface area contributed by atoms with Gasteiger partial charge >= 0.3 is 0 Å². The van der Waals surface area contributed by atoms with Gasteiger partial charge in [-0.3, -0.25) is 10.2 Å². The van der Waals surface area contributed by atoms with E-state index in [0.717, 1.165) is 0 Å². The van der Waals surface area contributed by atoms with Crippen LogP contribution < -0.4 is 16.7 Å². The van der Waals surface area contributed by atoms with Gasteiger partial charge in [-0.05, 0) is 12.1 Å². The molecule has 6 heteroatoms. The molecule has 0 unspecified atom stereocenters. The summed E-state index contributed by atoms with van der Waals surface area (Å²) in [7, 11) is 3.47. The Morgan fingerprint density at radius 1 is 1.50 bits per heavy atom. The van der Waals surface area contributed by atoms with Crippen molar-refractivity contribution in [3.05, 3.63) is 23.9 Å². The first-order valence-electron chi connectivity index (χ1n) is 4.04. The summed E-state index contributed by atoms with van der Waals surface area (Å²) >= 11 is 0. The number of rotatable bonds is 3. The lowest BCUT2D eigenvalue weighted by Crippen LogP contribution is -2.36. The van der Waals surface area contributed by atoms with Crippen LogP contribution in [0.2, 0.25) is 0 Å². The molecule has 14 heavy (non-hydrogen) atoms. The number of aromatic nitrogens is 1. The SMILES string of the molecule is CN(C)NC(=O)c1ccc(NN)nc1. The fourth-order valence-corrected chi connectivity index (χ4v) is 0.881. The van der Waals surface area contributed by atoms with Crippen LogP contribution >= 0.6 is 0 Å². The Hall–Kier alpha value is -1.66. The first-order valence-corrected chi connectivity index (χ1v) is 4.04. The maximum absolute atomic E-state index is 11.4. The highest BCUT2D eigenvalue weighted by molar-refractivity contribution is 5.93. The van der Waals surface area contributed by atoms with Crippen molar-refractivity contribution in [1.82, 2.24) is 15.4 Å². The minimum Gasteiger partial charge on any atom is -0.308 e. The van der Waals surface area contributed by atoms with Gasteiger partial charge in [0.2, 0.25) is 0 Å². The second-order valence-electron chi connectivity index (χ2n) is 2.91. The average molecular weight is 195 g/mol. The van der Waals surface area contributed by atoms with Crippen molar-refractivity contribution in [3.63, 3.8) is 0 Å². The molecule has 1 amide bonds. The molecule has 0 aromatic carbocycles. The molecule has 0 aliphatic heterocycles. The van der Waals surface area contributed by atoms with Gasteiger partial charge in [-0.2, -0.15) is 0 Å². The molecule has 1 aromatic rings. The second-order valence-corrected chi connectivity index (χ2v) is 2.91. The monoisotopic (exact) mass is 195 g/mol. The van der Waals surface area contributed by atoms with E-state index in [9.17, 15) is 4.79 Å². The molecule has 0 spiro atoms. The Morgan fingerprint density at radius 2 is 2.21 bits per heavy atom. The molecule has 0 atom stereocenters. The van der Waals surface area contributed by atoms with Gasteiger partial charge < -0.3 is 5.43 Å². The van der Waals surface area contributed by atoms with E-state index in [0.29, 0.717) is 11.4 Å². The number of carbonyl (C=O) groups excluding carboxylic acids is 1. The smallest absolute Gasteiger partial charge is 0.267 e. The standard InChI is InChI=1S/C8H13N5O/c1-13(2)12-8(14)6-3-4-7(11-9)10-5-6/h3-5H,9H2,1-2H3,(H,10,11)(H,12,14). The summed E-state index contributed by atoms with van der Waals surface area (Å²) in [5, 5.41) is 1.57. The number of carbonyl (C=O) groups is 1. The van der Waals surface area contributed by atoms with Crippen LogP contribution in [0.15, 0.2) is 18.3 Å². The number of anilines is 1. The first-order chi connectivity index (χ1) is 6.63. The molecule has 0 saturated heterocycles. The number of pyridine rings is 1. The maximum Gasteiger partial charge on any atom is 0.267 e. The van der Waals surface area contributed by atoms with E-state index in [2.05, 4.69) is 15.8 Å². The fraction of sp³-hybridized carbons (Fsp3) is 0.250. The summed E-state index contributed by atoms with van der Waals surface area (Å²) in [5.74, 6) is 5.45. The van der Waals surface area contributed by atoms with Crippen molar-refractivity contribution in [2.45, 2.75) is 0 Å². The quantitative estimate of drug-likeness (QED) is 0.450. The predicted octanol–water partition coefficient (Wildman–Crippen LogP) is -0.426. The molecule has 0 fully saturated rings. The van der Waals surface area contributed by atoms with E-state index in [-0.39, 0.29) is 5.91 Å². The Kier molecular flexibility index (Phi) is 3.38. The van der Waals surface area contributed by atoms with Gasteiger partial charge in [0.25, 0.3) is 5.91 Å². The minimum absolute atomic E-state index is 0.203. The van der Waals surface area contributed by atoms with Crippen LogP contribution in [0.5, 0.6) is 0 Å². The van der Waals surface area contributed by atoms with E-state index in [4.69, 9.17) is 5.84 Å². The topological polar surface area (TPSA) is 83.3 Å². The molecule has 0 aliphatic rings. The third-order valence-electron chi connectivity index (χ3n) is 1.50. The molecule has 0 radical (unpaired) electrons. The number of hydrazine groups is 2. The van der Waals surface area contributed by atoms with Crippen LogP contribution in [0, 0.1) is 0 Å². The summed E-state index contributed by atoms with van der Waals surface area (Å²) < 4.78 is 0. The Bertz CT molecular complexity index is 308. The maximum atomic E-state index is 11.4. The van der Waals surface area contributed by atoms with E-state index < -0.39 is 0 Å². The highest BCUT2D eigenvalue weighted by Crippen LogP contribution is 2.02. The molecule has 0 aliphatic carbocycles. The summed E-state index contributed by atoms with van der Waals surface area (Å²) in [6.45, 7) is 0. The van der Waals surface area contributed by atoms with Crippen molar-refractivity contribution < 1.29 is 4.79 Å². The largest absolute Gasteiger partial charge is 0.308 e. The lowest BCUT2D eigenvalue weighted by Gasteiger charge is -2.11. The molecular weight excluding hydrogens is 182 g/mol. The van der Waals surface area contributed by atoms with Gasteiger partial charge in [0.05, 0.1) is 5.56 Å². The van der Waals surface area contributed by atoms with Crippen molar-refractivity contribution in [2.75, 3.05) is 19.5 Å². The van der Waals surface area contributed by atoms with Gasteiger partial charge in [0, 0.05) is 20.3 Å². The predicted molar refractivity (Wildman–Crippen MR) is 53.2 cm³/mol. The highest BCUT2D eigenvalue weighted by atomic mass is 16.2. The van der Waals surface area contributed by atoms with Gasteiger partial charge in [0.15, 0.2) is 0 Å². The van der Waals surface area contributed by atoms with Crippen molar-refractivity contribution in [3.8, 4) is 0 Å². The lowest BCUT2D eigenvalue weighted by atomic mass is 10.3. The fourth-order valence-electron chi connectivity index (χ4n) is 0.881. The lowest BCUT2D eigenvalue weighted by molar-refractivity contribution is 0.0856. The molecular formula is C8H13N5O. The van der Waals surface area contributed by atoms with Gasteiger partial charge in [-0.1, -0.05) is 0 Å². The van der Waals surface area contributed by atoms with Crippen LogP contribution in [0.25, 0.3) is 0 Å². The van der Waals surface area contributed by atoms with E-state index in [1.165, 1.54) is 6.20 Å². The Morgan fingerprint density at radius 3 is 2.64 bits per heavy atom. The number of nitrogens with one attached hydrogen (secondary N) is 2. The van der Waals surface area contributed by atoms with Crippen LogP contribution in [0.4, 0.5) is 5.82 Å². The number of hydrogen-bond acceptors (Lipinski definition) is 5. The number of hydrogen-bond donors (Lipinski definition) is 3. The number of nitrogen functional groups attached to an aromatic ring is 1. The molecule has 4 N–H and O–H groups in total. The zero-order valence-corrected chi connectivity index (χ0v) is 8.11. The third kappa shape index (κ3) is 2.68. The minimum atomic E-state index is -0.203. The molecule has 76 valence electrons. The van der Waals surface area contributed by atoms with Crippen LogP contribution in [-0.4, -0.2) is 30.0 Å². The first kappa shape index (κ1) is 10.4. The zero-order valence-electron chi connectivity index (χ0n) is 8.11. The number of amides is 1. The molecule has 0 saturated carbocycles. The van der Waals surface area contributed by atoms with Crippen LogP contribution in [-0.2, 0) is 0 Å². The van der Waals surface area contributed by atoms with Crippen molar-refractivity contribution in [2.24, 2.45) is 5.84 Å². The Labute approximate surface area is 82.0 Å². The van der Waals surface area contributed by atoms with Crippen molar-refractivity contribution >= 4 is 11.7 Å². The van der Waals surface area contributed by atoms with Crippen molar-refractivity contribution in [1.29, 1.82) is 0 Å². The van der Waals surface area contributed by atoms with Crippen LogP contribution in [0.1, 0.15) is 10.4 Å². The molecule has 1 aromatic heterocycles. The van der Waals surface area contributed by atoms with E-state index >= 15 is 0 Å². The number of nitrogens with zero attached hydrogens (tertiary/aromatic N) is 2. The summed E-state index contributed by atoms with van der Waals surface area (Å²) in [6.07, 6.45) is 1.45. The average Bonchev–Trinajstić information content (AvgIpc) is 2.17.